The number of para-hydroxylation sites is 1. The molecule has 32 heavy (non-hydrogen) atoms. The van der Waals surface area contributed by atoms with Gasteiger partial charge < -0.3 is 14.8 Å². The summed E-state index contributed by atoms with van der Waals surface area (Å²) in [5.74, 6) is -0.896. The topological polar surface area (TPSA) is 93.7 Å². The lowest BCUT2D eigenvalue weighted by Crippen LogP contribution is -2.30. The minimum atomic E-state index is -0.687. The molecule has 0 unspecified atom stereocenters. The summed E-state index contributed by atoms with van der Waals surface area (Å²) in [5.41, 5.74) is 0.350. The van der Waals surface area contributed by atoms with Gasteiger partial charge in [0.15, 0.2) is 0 Å². The number of carbonyl (C=O) groups excluding carboxylic acids is 3. The zero-order valence-electron chi connectivity index (χ0n) is 19.3. The van der Waals surface area contributed by atoms with E-state index in [1.165, 1.54) is 6.20 Å². The highest BCUT2D eigenvalue weighted by molar-refractivity contribution is 6.25. The molecule has 7 nitrogen and oxygen atoms in total. The second kappa shape index (κ2) is 10.1. The Bertz CT molecular complexity index is 982. The van der Waals surface area contributed by atoms with Crippen LogP contribution in [0.2, 0.25) is 0 Å². The molecular weight excluding hydrogens is 408 g/mol. The van der Waals surface area contributed by atoms with Gasteiger partial charge in [-0.1, -0.05) is 30.3 Å². The average Bonchev–Trinajstić information content (AvgIpc) is 2.66. The van der Waals surface area contributed by atoms with Gasteiger partial charge in [-0.25, -0.2) is 9.59 Å². The maximum absolute atomic E-state index is 13.0. The summed E-state index contributed by atoms with van der Waals surface area (Å²) in [4.78, 5) is 37.3. The van der Waals surface area contributed by atoms with Gasteiger partial charge in [0.25, 0.3) is 5.91 Å². The highest BCUT2D eigenvalue weighted by Gasteiger charge is 2.20. The van der Waals surface area contributed by atoms with E-state index in [4.69, 9.17) is 9.47 Å². The summed E-state index contributed by atoms with van der Waals surface area (Å²) in [6, 6.07) is 15.3. The molecule has 0 spiro atoms. The maximum atomic E-state index is 13.0. The first-order chi connectivity index (χ1) is 14.8. The molecule has 0 aliphatic heterocycles. The third-order valence-electron chi connectivity index (χ3n) is 3.84. The average molecular weight is 439 g/mol. The van der Waals surface area contributed by atoms with Crippen molar-refractivity contribution >= 4 is 29.2 Å². The standard InChI is InChI=1S/C25H30N2O5/c1-24(2,3)31-22(29)18-14-12-17(13-15-18)20(16-26-23(30)32-25(4,5)6)21(28)27-19-10-8-7-9-11-19/h7-16H,1-6H3,(H,26,30)(H,27,28)/b20-16-. The van der Waals surface area contributed by atoms with Crippen LogP contribution in [-0.4, -0.2) is 29.2 Å². The van der Waals surface area contributed by atoms with Crippen LogP contribution in [0.3, 0.4) is 0 Å². The molecule has 2 aromatic rings. The highest BCUT2D eigenvalue weighted by atomic mass is 16.6. The Morgan fingerprint density at radius 1 is 0.750 bits per heavy atom. The number of hydrogen-bond donors (Lipinski definition) is 2. The van der Waals surface area contributed by atoms with Gasteiger partial charge >= 0.3 is 12.1 Å². The number of nitrogens with one attached hydrogen (secondary N) is 2. The third kappa shape index (κ3) is 8.26. The fraction of sp³-hybridized carbons (Fsp3) is 0.320. The smallest absolute Gasteiger partial charge is 0.411 e. The van der Waals surface area contributed by atoms with Crippen molar-refractivity contribution in [3.05, 3.63) is 71.9 Å². The number of esters is 1. The molecule has 0 saturated heterocycles. The van der Waals surface area contributed by atoms with Crippen molar-refractivity contribution in [1.29, 1.82) is 0 Å². The van der Waals surface area contributed by atoms with Crippen molar-refractivity contribution in [3.8, 4) is 0 Å². The molecular formula is C25H30N2O5. The van der Waals surface area contributed by atoms with Crippen LogP contribution in [0.25, 0.3) is 5.57 Å². The number of alkyl carbamates (subject to hydrolysis) is 1. The van der Waals surface area contributed by atoms with Crippen molar-refractivity contribution in [2.75, 3.05) is 5.32 Å². The summed E-state index contributed by atoms with van der Waals surface area (Å²) in [6.07, 6.45) is 0.599. The molecule has 0 aliphatic carbocycles. The van der Waals surface area contributed by atoms with E-state index in [1.807, 2.05) is 6.07 Å². The van der Waals surface area contributed by atoms with E-state index >= 15 is 0 Å². The summed E-state index contributed by atoms with van der Waals surface area (Å²) < 4.78 is 10.6. The van der Waals surface area contributed by atoms with Gasteiger partial charge in [0, 0.05) is 11.9 Å². The molecule has 0 bridgehead atoms. The van der Waals surface area contributed by atoms with Crippen LogP contribution in [0.5, 0.6) is 0 Å². The van der Waals surface area contributed by atoms with Crippen LogP contribution in [0.1, 0.15) is 57.5 Å². The fourth-order valence-electron chi connectivity index (χ4n) is 2.56. The lowest BCUT2D eigenvalue weighted by atomic mass is 10.0. The second-order valence-electron chi connectivity index (χ2n) is 9.10. The molecule has 0 atom stereocenters. The SMILES string of the molecule is CC(C)(C)OC(=O)N/C=C(\C(=O)Nc1ccccc1)c1ccc(C(=O)OC(C)(C)C)cc1. The molecule has 2 aromatic carbocycles. The second-order valence-corrected chi connectivity index (χ2v) is 9.10. The monoisotopic (exact) mass is 438 g/mol. The zero-order chi connectivity index (χ0) is 23.9. The predicted octanol–water partition coefficient (Wildman–Crippen LogP) is 5.15. The van der Waals surface area contributed by atoms with Crippen molar-refractivity contribution in [1.82, 2.24) is 5.32 Å². The molecule has 2 rings (SSSR count). The molecule has 0 saturated carbocycles. The number of rotatable bonds is 5. The largest absolute Gasteiger partial charge is 0.456 e. The molecule has 2 N–H and O–H groups in total. The van der Waals surface area contributed by atoms with E-state index in [9.17, 15) is 14.4 Å². The number of hydrogen-bond acceptors (Lipinski definition) is 5. The Morgan fingerprint density at radius 3 is 1.81 bits per heavy atom. The number of benzene rings is 2. The summed E-state index contributed by atoms with van der Waals surface area (Å²) in [6.45, 7) is 10.6. The Labute approximate surface area is 188 Å². The van der Waals surface area contributed by atoms with Crippen LogP contribution in [0.15, 0.2) is 60.8 Å². The van der Waals surface area contributed by atoms with Crippen molar-refractivity contribution in [2.45, 2.75) is 52.7 Å². The van der Waals surface area contributed by atoms with Gasteiger partial charge in [0.2, 0.25) is 0 Å². The first-order valence-electron chi connectivity index (χ1n) is 10.2. The van der Waals surface area contributed by atoms with E-state index in [1.54, 1.807) is 90.1 Å². The van der Waals surface area contributed by atoms with E-state index in [0.717, 1.165) is 0 Å². The number of anilines is 1. The van der Waals surface area contributed by atoms with Crippen LogP contribution in [-0.2, 0) is 14.3 Å². The normalized spacial score (nSPS) is 12.0. The van der Waals surface area contributed by atoms with Gasteiger partial charge in [0.05, 0.1) is 11.1 Å². The third-order valence-corrected chi connectivity index (χ3v) is 3.84. The Hall–Kier alpha value is -3.61. The minimum absolute atomic E-state index is 0.190. The summed E-state index contributed by atoms with van der Waals surface area (Å²) in [5, 5.41) is 5.29. The molecule has 2 amide bonds. The van der Waals surface area contributed by atoms with Gasteiger partial charge in [-0.05, 0) is 71.4 Å². The van der Waals surface area contributed by atoms with Crippen molar-refractivity contribution < 1.29 is 23.9 Å². The van der Waals surface area contributed by atoms with E-state index in [2.05, 4.69) is 10.6 Å². The van der Waals surface area contributed by atoms with Crippen LogP contribution < -0.4 is 10.6 Å². The maximum Gasteiger partial charge on any atom is 0.411 e. The van der Waals surface area contributed by atoms with Crippen LogP contribution >= 0.6 is 0 Å². The molecule has 0 aromatic heterocycles. The molecule has 0 fully saturated rings. The number of ether oxygens (including phenoxy) is 2. The Balaban J connectivity index is 2.29. The summed E-state index contributed by atoms with van der Waals surface area (Å²) in [7, 11) is 0. The minimum Gasteiger partial charge on any atom is -0.456 e. The highest BCUT2D eigenvalue weighted by Crippen LogP contribution is 2.20. The van der Waals surface area contributed by atoms with E-state index in [0.29, 0.717) is 16.8 Å². The molecule has 0 radical (unpaired) electrons. The van der Waals surface area contributed by atoms with Crippen LogP contribution in [0, 0.1) is 0 Å². The molecule has 7 heteroatoms. The first kappa shape index (κ1) is 24.7. The summed E-state index contributed by atoms with van der Waals surface area (Å²) >= 11 is 0. The molecule has 0 heterocycles. The van der Waals surface area contributed by atoms with E-state index in [-0.39, 0.29) is 5.57 Å². The molecule has 0 aliphatic rings. The van der Waals surface area contributed by atoms with Crippen molar-refractivity contribution in [3.63, 3.8) is 0 Å². The quantitative estimate of drug-likeness (QED) is 0.498. The van der Waals surface area contributed by atoms with Gasteiger partial charge in [-0.15, -0.1) is 0 Å². The van der Waals surface area contributed by atoms with E-state index < -0.39 is 29.2 Å². The van der Waals surface area contributed by atoms with Gasteiger partial charge in [0.1, 0.15) is 11.2 Å². The lowest BCUT2D eigenvalue weighted by Gasteiger charge is -2.19. The Morgan fingerprint density at radius 2 is 1.28 bits per heavy atom. The predicted molar refractivity (Wildman–Crippen MR) is 124 cm³/mol. The molecule has 170 valence electrons. The van der Waals surface area contributed by atoms with Gasteiger partial charge in [-0.3, -0.25) is 10.1 Å². The number of amides is 2. The lowest BCUT2D eigenvalue weighted by molar-refractivity contribution is -0.111. The van der Waals surface area contributed by atoms with Crippen molar-refractivity contribution in [2.24, 2.45) is 0 Å². The van der Waals surface area contributed by atoms with Crippen LogP contribution in [0.4, 0.5) is 10.5 Å². The Kier molecular flexibility index (Phi) is 7.81. The number of carbonyl (C=O) groups is 3. The fourth-order valence-corrected chi connectivity index (χ4v) is 2.56. The van der Waals surface area contributed by atoms with Gasteiger partial charge in [-0.2, -0.15) is 0 Å². The first-order valence-corrected chi connectivity index (χ1v) is 10.2. The zero-order valence-corrected chi connectivity index (χ0v) is 19.3.